The molecule has 0 spiro atoms. The van der Waals surface area contributed by atoms with E-state index in [9.17, 15) is 19.8 Å². The molecule has 3 fully saturated rings. The van der Waals surface area contributed by atoms with E-state index >= 15 is 0 Å². The minimum Gasteiger partial charge on any atom is -0.481 e. The van der Waals surface area contributed by atoms with E-state index in [-0.39, 0.29) is 0 Å². The molecule has 124 valence electrons. The fraction of sp³-hybridized carbons (Fsp3) is 0.889. The molecule has 3 rings (SSSR count). The topological polar surface area (TPSA) is 74.6 Å². The number of hydrogen-bond acceptors (Lipinski definition) is 2. The Kier molecular flexibility index (Phi) is 3.57. The molecule has 0 heterocycles. The zero-order chi connectivity index (χ0) is 16.3. The molecule has 0 aromatic heterocycles. The maximum atomic E-state index is 11.5. The number of fused-ring (bicyclic) bond motifs is 2. The molecule has 22 heavy (non-hydrogen) atoms. The number of aliphatic carboxylic acids is 2. The van der Waals surface area contributed by atoms with Crippen molar-refractivity contribution in [2.24, 2.45) is 40.4 Å². The van der Waals surface area contributed by atoms with Gasteiger partial charge in [-0.2, -0.15) is 0 Å². The van der Waals surface area contributed by atoms with E-state index in [1.807, 2.05) is 0 Å². The maximum absolute atomic E-state index is 11.5. The van der Waals surface area contributed by atoms with Crippen LogP contribution in [0.1, 0.15) is 59.3 Å². The molecule has 0 saturated heterocycles. The molecule has 6 atom stereocenters. The molecule has 0 radical (unpaired) electrons. The van der Waals surface area contributed by atoms with Crippen molar-refractivity contribution in [3.63, 3.8) is 0 Å². The Labute approximate surface area is 132 Å². The van der Waals surface area contributed by atoms with Gasteiger partial charge in [-0.15, -0.1) is 0 Å². The molecular formula is C18H28O4. The fourth-order valence-electron chi connectivity index (χ4n) is 6.12. The van der Waals surface area contributed by atoms with Crippen LogP contribution in [-0.2, 0) is 9.59 Å². The third-order valence-corrected chi connectivity index (χ3v) is 7.96. The van der Waals surface area contributed by atoms with Gasteiger partial charge in [0.1, 0.15) is 0 Å². The van der Waals surface area contributed by atoms with Crippen LogP contribution < -0.4 is 0 Å². The third-order valence-electron chi connectivity index (χ3n) is 7.96. The second-order valence-corrected chi connectivity index (χ2v) is 8.68. The summed E-state index contributed by atoms with van der Waals surface area (Å²) in [7, 11) is 0. The molecule has 3 aliphatic rings. The Hall–Kier alpha value is -1.06. The summed E-state index contributed by atoms with van der Waals surface area (Å²) in [6.45, 7) is 7.15. The average molecular weight is 308 g/mol. The van der Waals surface area contributed by atoms with E-state index in [0.29, 0.717) is 35.5 Å². The van der Waals surface area contributed by atoms with Gasteiger partial charge in [0.25, 0.3) is 0 Å². The quantitative estimate of drug-likeness (QED) is 0.834. The van der Waals surface area contributed by atoms with Gasteiger partial charge in [-0.1, -0.05) is 20.8 Å². The highest BCUT2D eigenvalue weighted by Gasteiger charge is 2.63. The van der Waals surface area contributed by atoms with E-state index < -0.39 is 23.8 Å². The van der Waals surface area contributed by atoms with Crippen LogP contribution in [0.5, 0.6) is 0 Å². The molecule has 2 bridgehead atoms. The molecule has 4 heteroatoms. The van der Waals surface area contributed by atoms with Crippen molar-refractivity contribution in [1.82, 2.24) is 0 Å². The molecule has 3 aliphatic carbocycles. The lowest BCUT2D eigenvalue weighted by Gasteiger charge is -2.45. The van der Waals surface area contributed by atoms with Crippen LogP contribution in [0.3, 0.4) is 0 Å². The van der Waals surface area contributed by atoms with Gasteiger partial charge in [-0.3, -0.25) is 9.59 Å². The highest BCUT2D eigenvalue weighted by atomic mass is 16.4. The summed E-state index contributed by atoms with van der Waals surface area (Å²) >= 11 is 0. The average Bonchev–Trinajstić information content (AvgIpc) is 2.79. The highest BCUT2D eigenvalue weighted by molar-refractivity contribution is 5.80. The Bertz CT molecular complexity index is 497. The Morgan fingerprint density at radius 3 is 2.00 bits per heavy atom. The first-order chi connectivity index (χ1) is 10.2. The van der Waals surface area contributed by atoms with Crippen molar-refractivity contribution >= 4 is 11.9 Å². The third kappa shape index (κ3) is 2.02. The van der Waals surface area contributed by atoms with Crippen LogP contribution in [0.15, 0.2) is 0 Å². The number of carbonyl (C=O) groups is 2. The first-order valence-electron chi connectivity index (χ1n) is 8.64. The second kappa shape index (κ2) is 4.97. The first kappa shape index (κ1) is 15.8. The largest absolute Gasteiger partial charge is 0.481 e. The zero-order valence-corrected chi connectivity index (χ0v) is 13.8. The summed E-state index contributed by atoms with van der Waals surface area (Å²) < 4.78 is 0. The van der Waals surface area contributed by atoms with Crippen molar-refractivity contribution < 1.29 is 19.8 Å². The van der Waals surface area contributed by atoms with E-state index in [1.165, 1.54) is 19.3 Å². The van der Waals surface area contributed by atoms with Gasteiger partial charge in [-0.25, -0.2) is 0 Å². The minimum absolute atomic E-state index is 0.293. The lowest BCUT2D eigenvalue weighted by atomic mass is 9.59. The van der Waals surface area contributed by atoms with Crippen LogP contribution in [0.4, 0.5) is 0 Å². The molecule has 0 aromatic rings. The van der Waals surface area contributed by atoms with Gasteiger partial charge in [0, 0.05) is 0 Å². The van der Waals surface area contributed by atoms with E-state index in [1.54, 1.807) is 0 Å². The lowest BCUT2D eigenvalue weighted by molar-refractivity contribution is -0.157. The molecule has 6 unspecified atom stereocenters. The van der Waals surface area contributed by atoms with Crippen LogP contribution in [0.25, 0.3) is 0 Å². The number of carboxylic acid groups (broad SMARTS) is 2. The van der Waals surface area contributed by atoms with Gasteiger partial charge in [0.05, 0.1) is 11.8 Å². The molecule has 4 nitrogen and oxygen atoms in total. The predicted octanol–water partition coefficient (Wildman–Crippen LogP) is 3.65. The summed E-state index contributed by atoms with van der Waals surface area (Å²) in [4.78, 5) is 22.9. The maximum Gasteiger partial charge on any atom is 0.307 e. The first-order valence-corrected chi connectivity index (χ1v) is 8.64. The fourth-order valence-corrected chi connectivity index (χ4v) is 6.12. The summed E-state index contributed by atoms with van der Waals surface area (Å²) in [5, 5.41) is 18.7. The Balaban J connectivity index is 1.80. The number of hydrogen-bond donors (Lipinski definition) is 2. The van der Waals surface area contributed by atoms with E-state index in [4.69, 9.17) is 0 Å². The summed E-state index contributed by atoms with van der Waals surface area (Å²) in [5.74, 6) is -1.57. The zero-order valence-electron chi connectivity index (χ0n) is 13.8. The van der Waals surface area contributed by atoms with E-state index in [2.05, 4.69) is 20.8 Å². The number of carboxylic acids is 2. The molecule has 0 aromatic carbocycles. The van der Waals surface area contributed by atoms with E-state index in [0.717, 1.165) is 12.3 Å². The van der Waals surface area contributed by atoms with Gasteiger partial charge in [-0.05, 0) is 67.1 Å². The molecule has 0 aliphatic heterocycles. The monoisotopic (exact) mass is 308 g/mol. The van der Waals surface area contributed by atoms with Gasteiger partial charge >= 0.3 is 11.9 Å². The smallest absolute Gasteiger partial charge is 0.307 e. The Morgan fingerprint density at radius 1 is 0.909 bits per heavy atom. The number of rotatable bonds is 3. The SMILES string of the molecule is CC1(C)C2CCC1(C)C(C1CCC(C(=O)O)C(C(=O)O)C1)C2. The highest BCUT2D eigenvalue weighted by Crippen LogP contribution is 2.70. The molecule has 3 saturated carbocycles. The van der Waals surface area contributed by atoms with Crippen molar-refractivity contribution in [3.05, 3.63) is 0 Å². The normalized spacial score (nSPS) is 46.6. The molecular weight excluding hydrogens is 280 g/mol. The molecule has 2 N–H and O–H groups in total. The van der Waals surface area contributed by atoms with Crippen molar-refractivity contribution in [2.45, 2.75) is 59.3 Å². The second-order valence-electron chi connectivity index (χ2n) is 8.68. The van der Waals surface area contributed by atoms with Gasteiger partial charge < -0.3 is 10.2 Å². The summed E-state index contributed by atoms with van der Waals surface area (Å²) in [5.41, 5.74) is 0.626. The standard InChI is InChI=1S/C18H28O4/c1-17(2)11-6-7-18(17,3)14(9-11)10-4-5-12(15(19)20)13(8-10)16(21)22/h10-14H,4-9H2,1-3H3,(H,19,20)(H,21,22). The van der Waals surface area contributed by atoms with Crippen LogP contribution in [0.2, 0.25) is 0 Å². The predicted molar refractivity (Wildman–Crippen MR) is 82.3 cm³/mol. The van der Waals surface area contributed by atoms with Crippen molar-refractivity contribution in [2.75, 3.05) is 0 Å². The lowest BCUT2D eigenvalue weighted by Crippen LogP contribution is -2.42. The van der Waals surface area contributed by atoms with Crippen molar-refractivity contribution in [1.29, 1.82) is 0 Å². The van der Waals surface area contributed by atoms with Gasteiger partial charge in [0.15, 0.2) is 0 Å². The Morgan fingerprint density at radius 2 is 1.55 bits per heavy atom. The van der Waals surface area contributed by atoms with Crippen LogP contribution in [0, 0.1) is 40.4 Å². The van der Waals surface area contributed by atoms with Gasteiger partial charge in [0.2, 0.25) is 0 Å². The minimum atomic E-state index is -0.940. The van der Waals surface area contributed by atoms with Crippen LogP contribution >= 0.6 is 0 Å². The molecule has 0 amide bonds. The summed E-state index contributed by atoms with van der Waals surface area (Å²) in [6, 6.07) is 0. The van der Waals surface area contributed by atoms with Crippen molar-refractivity contribution in [3.8, 4) is 0 Å². The van der Waals surface area contributed by atoms with Crippen LogP contribution in [-0.4, -0.2) is 22.2 Å². The summed E-state index contributed by atoms with van der Waals surface area (Å²) in [6.07, 6.45) is 5.70.